The first kappa shape index (κ1) is 15.8. The summed E-state index contributed by atoms with van der Waals surface area (Å²) in [6, 6.07) is 8.08. The molecule has 3 heterocycles. The van der Waals surface area contributed by atoms with Gasteiger partial charge in [-0.3, -0.25) is 0 Å². The highest BCUT2D eigenvalue weighted by Crippen LogP contribution is 2.30. The molecule has 9 heteroatoms. The minimum Gasteiger partial charge on any atom is -0.487 e. The summed E-state index contributed by atoms with van der Waals surface area (Å²) in [5, 5.41) is 15.6. The van der Waals surface area contributed by atoms with Gasteiger partial charge < -0.3 is 10.1 Å². The van der Waals surface area contributed by atoms with E-state index in [4.69, 9.17) is 4.74 Å². The Kier molecular flexibility index (Phi) is 4.47. The number of nitrogens with zero attached hydrogens (tertiary/aromatic N) is 6. The third kappa shape index (κ3) is 3.41. The maximum Gasteiger partial charge on any atom is 0.209 e. The van der Waals surface area contributed by atoms with Crippen molar-refractivity contribution in [3.63, 3.8) is 0 Å². The van der Waals surface area contributed by atoms with Crippen LogP contribution in [0, 0.1) is 0 Å². The molecule has 1 aromatic carbocycles. The Morgan fingerprint density at radius 1 is 1.28 bits per heavy atom. The highest BCUT2D eigenvalue weighted by Gasteiger charge is 2.18. The van der Waals surface area contributed by atoms with Gasteiger partial charge in [0, 0.05) is 31.3 Å². The number of benzene rings is 1. The third-order valence-electron chi connectivity index (χ3n) is 3.95. The van der Waals surface area contributed by atoms with Crippen LogP contribution in [0.25, 0.3) is 0 Å². The molecule has 8 nitrogen and oxygen atoms in total. The van der Waals surface area contributed by atoms with Crippen LogP contribution in [0.2, 0.25) is 0 Å². The predicted octanol–water partition coefficient (Wildman–Crippen LogP) is 1.69. The monoisotopic (exact) mass is 355 g/mol. The van der Waals surface area contributed by atoms with E-state index in [0.29, 0.717) is 6.61 Å². The molecular weight excluding hydrogens is 338 g/mol. The Morgan fingerprint density at radius 2 is 2.20 bits per heavy atom. The average Bonchev–Trinajstić information content (AvgIpc) is 2.94. The van der Waals surface area contributed by atoms with E-state index in [1.165, 1.54) is 0 Å². The highest BCUT2D eigenvalue weighted by atomic mass is 32.2. The van der Waals surface area contributed by atoms with Crippen molar-refractivity contribution in [2.75, 3.05) is 17.6 Å². The minimum atomic E-state index is 0.461. The first-order valence-corrected chi connectivity index (χ1v) is 8.92. The number of hydrogen-bond acceptors (Lipinski definition) is 8. The van der Waals surface area contributed by atoms with Crippen LogP contribution in [0.15, 0.2) is 35.7 Å². The lowest BCUT2D eigenvalue weighted by Crippen LogP contribution is -2.11. The lowest BCUT2D eigenvalue weighted by Gasteiger charge is -2.11. The van der Waals surface area contributed by atoms with E-state index < -0.39 is 0 Å². The number of thioether (sulfide) groups is 1. The average molecular weight is 355 g/mol. The second kappa shape index (κ2) is 7.06. The summed E-state index contributed by atoms with van der Waals surface area (Å²) in [5.74, 6) is 2.61. The van der Waals surface area contributed by atoms with Gasteiger partial charge in [-0.05, 0) is 22.1 Å². The van der Waals surface area contributed by atoms with Crippen molar-refractivity contribution in [3.8, 4) is 5.75 Å². The Hall–Kier alpha value is -2.68. The molecule has 2 aromatic heterocycles. The largest absolute Gasteiger partial charge is 0.487 e. The molecule has 0 aliphatic carbocycles. The van der Waals surface area contributed by atoms with Crippen LogP contribution >= 0.6 is 11.8 Å². The molecule has 0 radical (unpaired) electrons. The number of hydrogen-bond donors (Lipinski definition) is 1. The van der Waals surface area contributed by atoms with Crippen LogP contribution in [0.3, 0.4) is 0 Å². The van der Waals surface area contributed by atoms with E-state index in [-0.39, 0.29) is 0 Å². The summed E-state index contributed by atoms with van der Waals surface area (Å²) in [4.78, 5) is 8.82. The molecule has 0 saturated heterocycles. The first-order valence-electron chi connectivity index (χ1n) is 7.94. The number of rotatable bonds is 5. The number of anilines is 1. The van der Waals surface area contributed by atoms with Crippen molar-refractivity contribution in [3.05, 3.63) is 47.4 Å². The molecule has 0 bridgehead atoms. The summed E-state index contributed by atoms with van der Waals surface area (Å²) >= 11 is 1.60. The molecule has 1 N–H and O–H groups in total. The first-order chi connectivity index (χ1) is 12.3. The van der Waals surface area contributed by atoms with Crippen molar-refractivity contribution in [2.24, 2.45) is 7.05 Å². The van der Waals surface area contributed by atoms with E-state index in [9.17, 15) is 0 Å². The van der Waals surface area contributed by atoms with Gasteiger partial charge in [-0.2, -0.15) is 0 Å². The molecule has 25 heavy (non-hydrogen) atoms. The van der Waals surface area contributed by atoms with E-state index >= 15 is 0 Å². The van der Waals surface area contributed by atoms with Crippen molar-refractivity contribution >= 4 is 17.6 Å². The summed E-state index contributed by atoms with van der Waals surface area (Å²) in [7, 11) is 1.83. The van der Waals surface area contributed by atoms with Crippen LogP contribution in [-0.4, -0.2) is 42.5 Å². The molecule has 0 amide bonds. The molecule has 0 saturated carbocycles. The molecule has 0 fully saturated rings. The third-order valence-corrected chi connectivity index (χ3v) is 4.96. The van der Waals surface area contributed by atoms with Crippen molar-refractivity contribution in [1.82, 2.24) is 30.2 Å². The SMILES string of the molecule is Cn1nnnc1SCCNc1ncnc2c1Cc1ccccc1OC2. The van der Waals surface area contributed by atoms with E-state index in [1.807, 2.05) is 25.2 Å². The standard InChI is InChI=1S/C16H17N7OS/c1-23-16(20-21-22-23)25-7-6-17-15-12-8-11-4-2-3-5-14(11)24-9-13(12)18-10-19-15/h2-5,10H,6-9H2,1H3,(H,17,18,19). The Morgan fingerprint density at radius 3 is 3.08 bits per heavy atom. The normalized spacial score (nSPS) is 12.7. The van der Waals surface area contributed by atoms with Gasteiger partial charge in [0.1, 0.15) is 24.5 Å². The van der Waals surface area contributed by atoms with Gasteiger partial charge in [-0.15, -0.1) is 5.10 Å². The Bertz CT molecular complexity index is 882. The van der Waals surface area contributed by atoms with Crippen LogP contribution in [0.5, 0.6) is 5.75 Å². The Labute approximate surface area is 149 Å². The molecule has 128 valence electrons. The zero-order valence-electron chi connectivity index (χ0n) is 13.7. The fourth-order valence-electron chi connectivity index (χ4n) is 2.69. The molecule has 1 aliphatic rings. The summed E-state index contributed by atoms with van der Waals surface area (Å²) in [6.45, 7) is 1.21. The van der Waals surface area contributed by atoms with E-state index in [1.54, 1.807) is 22.8 Å². The summed E-state index contributed by atoms with van der Waals surface area (Å²) < 4.78 is 7.53. The molecule has 3 aromatic rings. The predicted molar refractivity (Wildman–Crippen MR) is 93.6 cm³/mol. The number of nitrogens with one attached hydrogen (secondary N) is 1. The van der Waals surface area contributed by atoms with E-state index in [0.717, 1.165) is 52.3 Å². The van der Waals surface area contributed by atoms with Gasteiger partial charge in [0.05, 0.1) is 5.69 Å². The topological polar surface area (TPSA) is 90.6 Å². The number of para-hydroxylation sites is 1. The van der Waals surface area contributed by atoms with Crippen molar-refractivity contribution in [1.29, 1.82) is 0 Å². The summed E-state index contributed by atoms with van der Waals surface area (Å²) in [6.07, 6.45) is 2.34. The number of tetrazole rings is 1. The van der Waals surface area contributed by atoms with Gasteiger partial charge in [-0.1, -0.05) is 30.0 Å². The smallest absolute Gasteiger partial charge is 0.209 e. The van der Waals surface area contributed by atoms with Gasteiger partial charge in [0.25, 0.3) is 0 Å². The molecule has 4 rings (SSSR count). The maximum atomic E-state index is 5.87. The summed E-state index contributed by atoms with van der Waals surface area (Å²) in [5.41, 5.74) is 3.18. The van der Waals surface area contributed by atoms with Gasteiger partial charge in [-0.25, -0.2) is 14.6 Å². The van der Waals surface area contributed by atoms with Crippen LogP contribution in [0.4, 0.5) is 5.82 Å². The quantitative estimate of drug-likeness (QED) is 0.546. The molecular formula is C16H17N7OS. The number of ether oxygens (including phenoxy) is 1. The fraction of sp³-hybridized carbons (Fsp3) is 0.312. The zero-order valence-corrected chi connectivity index (χ0v) is 14.5. The minimum absolute atomic E-state index is 0.461. The second-order valence-electron chi connectivity index (χ2n) is 5.58. The fourth-order valence-corrected chi connectivity index (χ4v) is 3.40. The van der Waals surface area contributed by atoms with Crippen LogP contribution in [-0.2, 0) is 20.1 Å². The maximum absolute atomic E-state index is 5.87. The van der Waals surface area contributed by atoms with Crippen molar-refractivity contribution in [2.45, 2.75) is 18.2 Å². The lowest BCUT2D eigenvalue weighted by atomic mass is 10.0. The van der Waals surface area contributed by atoms with Gasteiger partial charge in [0.15, 0.2) is 0 Å². The second-order valence-corrected chi connectivity index (χ2v) is 6.64. The Balaban J connectivity index is 1.46. The molecule has 0 unspecified atom stereocenters. The van der Waals surface area contributed by atoms with Crippen molar-refractivity contribution < 1.29 is 4.74 Å². The zero-order chi connectivity index (χ0) is 17.1. The molecule has 0 atom stereocenters. The number of aromatic nitrogens is 6. The number of fused-ring (bicyclic) bond motifs is 2. The van der Waals surface area contributed by atoms with Crippen LogP contribution in [0.1, 0.15) is 16.8 Å². The van der Waals surface area contributed by atoms with E-state index in [2.05, 4.69) is 36.9 Å². The molecule has 0 spiro atoms. The lowest BCUT2D eigenvalue weighted by molar-refractivity contribution is 0.302. The molecule has 1 aliphatic heterocycles. The van der Waals surface area contributed by atoms with Gasteiger partial charge in [0.2, 0.25) is 5.16 Å². The number of aryl methyl sites for hydroxylation is 1. The van der Waals surface area contributed by atoms with Crippen LogP contribution < -0.4 is 10.1 Å². The van der Waals surface area contributed by atoms with Gasteiger partial charge >= 0.3 is 0 Å². The highest BCUT2D eigenvalue weighted by molar-refractivity contribution is 7.99.